The van der Waals surface area contributed by atoms with E-state index in [9.17, 15) is 14.4 Å². The number of carbonyl (C=O) groups is 3. The summed E-state index contributed by atoms with van der Waals surface area (Å²) in [5.74, 6) is 0.795. The maximum atomic E-state index is 14.1. The summed E-state index contributed by atoms with van der Waals surface area (Å²) in [6.07, 6.45) is 2.99. The Morgan fingerprint density at radius 2 is 1.69 bits per heavy atom. The zero-order valence-corrected chi connectivity index (χ0v) is 21.2. The van der Waals surface area contributed by atoms with Crippen LogP contribution in [0.2, 0.25) is 0 Å². The van der Waals surface area contributed by atoms with Gasteiger partial charge in [-0.15, -0.1) is 0 Å². The van der Waals surface area contributed by atoms with Crippen molar-refractivity contribution in [1.82, 2.24) is 14.8 Å². The number of imide groups is 2. The molecule has 2 saturated heterocycles. The maximum Gasteiger partial charge on any atom is 0.332 e. The van der Waals surface area contributed by atoms with Crippen molar-refractivity contribution >= 4 is 34.6 Å². The van der Waals surface area contributed by atoms with Gasteiger partial charge in [-0.2, -0.15) is 0 Å². The average molecular weight is 477 g/mol. The highest BCUT2D eigenvalue weighted by Gasteiger charge is 2.72. The lowest BCUT2D eigenvalue weighted by Gasteiger charge is -2.54. The fourth-order valence-corrected chi connectivity index (χ4v) is 8.10. The van der Waals surface area contributed by atoms with E-state index in [0.29, 0.717) is 0 Å². The number of hydrogen-bond acceptors (Lipinski definition) is 6. The Balaban J connectivity index is 1.64. The molecule has 1 spiro atoms. The molecule has 4 amide bonds. The van der Waals surface area contributed by atoms with Crippen molar-refractivity contribution in [3.05, 3.63) is 29.8 Å². The second kappa shape index (κ2) is 6.74. The van der Waals surface area contributed by atoms with Crippen molar-refractivity contribution in [3.63, 3.8) is 0 Å². The standard InChI is InChI=1S/C27H32N4O4/c1-25(2)12-17-13-26(3,14-25)21-27(22(32)29(4)24(34)30(5)23(27)33)11-16-9-15-10-18(35-6)7-8-19(15)28-20(16)31(17)21/h7-10,17,21H,11-14H2,1-6H3/t17-,21+,26+/m0/s1. The van der Waals surface area contributed by atoms with Gasteiger partial charge in [0.25, 0.3) is 0 Å². The summed E-state index contributed by atoms with van der Waals surface area (Å²) in [4.78, 5) is 50.6. The quantitative estimate of drug-likeness (QED) is 0.585. The number of barbiturate groups is 1. The van der Waals surface area contributed by atoms with Gasteiger partial charge in [0.2, 0.25) is 11.8 Å². The van der Waals surface area contributed by atoms with Gasteiger partial charge in [0, 0.05) is 31.9 Å². The van der Waals surface area contributed by atoms with Crippen molar-refractivity contribution in [2.24, 2.45) is 16.2 Å². The largest absolute Gasteiger partial charge is 0.497 e. The van der Waals surface area contributed by atoms with Gasteiger partial charge < -0.3 is 9.64 Å². The van der Waals surface area contributed by atoms with Crippen molar-refractivity contribution in [2.75, 3.05) is 26.1 Å². The monoisotopic (exact) mass is 476 g/mol. The number of fused-ring (bicyclic) bond motifs is 9. The van der Waals surface area contributed by atoms with Crippen molar-refractivity contribution in [2.45, 2.75) is 58.5 Å². The van der Waals surface area contributed by atoms with Gasteiger partial charge in [-0.25, -0.2) is 9.78 Å². The minimum Gasteiger partial charge on any atom is -0.497 e. The second-order valence-electron chi connectivity index (χ2n) is 12.1. The summed E-state index contributed by atoms with van der Waals surface area (Å²) >= 11 is 0. The number of ether oxygens (including phenoxy) is 1. The van der Waals surface area contributed by atoms with Gasteiger partial charge in [0.15, 0.2) is 5.41 Å². The number of amides is 4. The third-order valence-electron chi connectivity index (χ3n) is 8.91. The molecule has 0 unspecified atom stereocenters. The summed E-state index contributed by atoms with van der Waals surface area (Å²) in [6.45, 7) is 6.77. The first-order chi connectivity index (χ1) is 16.4. The van der Waals surface area contributed by atoms with Crippen LogP contribution in [-0.2, 0) is 16.0 Å². The molecule has 8 heteroatoms. The molecule has 35 heavy (non-hydrogen) atoms. The molecule has 1 aliphatic carbocycles. The van der Waals surface area contributed by atoms with E-state index < -0.39 is 23.3 Å². The summed E-state index contributed by atoms with van der Waals surface area (Å²) in [7, 11) is 4.61. The topological polar surface area (TPSA) is 83.0 Å². The molecule has 2 bridgehead atoms. The van der Waals surface area contributed by atoms with Gasteiger partial charge in [-0.3, -0.25) is 19.4 Å². The number of anilines is 1. The van der Waals surface area contributed by atoms with Crippen LogP contribution in [0.1, 0.15) is 45.6 Å². The van der Waals surface area contributed by atoms with Gasteiger partial charge in [-0.05, 0) is 59.9 Å². The van der Waals surface area contributed by atoms with Crippen molar-refractivity contribution in [3.8, 4) is 5.75 Å². The minimum absolute atomic E-state index is 0.0644. The molecule has 0 radical (unpaired) electrons. The molecule has 3 aliphatic heterocycles. The van der Waals surface area contributed by atoms with E-state index in [-0.39, 0.29) is 29.3 Å². The Labute approximate surface area is 205 Å². The fraction of sp³-hybridized carbons (Fsp3) is 0.556. The van der Waals surface area contributed by atoms with E-state index in [1.54, 1.807) is 7.11 Å². The Hall–Kier alpha value is -3.16. The number of hydrogen-bond donors (Lipinski definition) is 0. The summed E-state index contributed by atoms with van der Waals surface area (Å²) in [6, 6.07) is 7.07. The predicted molar refractivity (Wildman–Crippen MR) is 131 cm³/mol. The van der Waals surface area contributed by atoms with E-state index in [4.69, 9.17) is 9.72 Å². The molecule has 0 N–H and O–H groups in total. The van der Waals surface area contributed by atoms with E-state index in [1.165, 1.54) is 14.1 Å². The number of methoxy groups -OCH3 is 1. The van der Waals surface area contributed by atoms with Crippen molar-refractivity contribution < 1.29 is 19.1 Å². The van der Waals surface area contributed by atoms with Crippen LogP contribution in [0.4, 0.5) is 10.6 Å². The highest BCUT2D eigenvalue weighted by molar-refractivity contribution is 6.20. The van der Waals surface area contributed by atoms with Crippen LogP contribution < -0.4 is 9.64 Å². The molecule has 8 nitrogen and oxygen atoms in total. The van der Waals surface area contributed by atoms with Crippen LogP contribution in [0, 0.1) is 16.2 Å². The van der Waals surface area contributed by atoms with Crippen LogP contribution in [0.15, 0.2) is 24.3 Å². The van der Waals surface area contributed by atoms with Gasteiger partial charge in [-0.1, -0.05) is 20.8 Å². The molecule has 184 valence electrons. The zero-order valence-electron chi connectivity index (χ0n) is 21.2. The third kappa shape index (κ3) is 2.74. The first kappa shape index (κ1) is 22.3. The maximum absolute atomic E-state index is 14.1. The summed E-state index contributed by atoms with van der Waals surface area (Å²) < 4.78 is 5.42. The third-order valence-corrected chi connectivity index (χ3v) is 8.91. The number of rotatable bonds is 1. The smallest absolute Gasteiger partial charge is 0.332 e. The van der Waals surface area contributed by atoms with E-state index in [2.05, 4.69) is 25.7 Å². The lowest BCUT2D eigenvalue weighted by Crippen LogP contribution is -2.72. The Kier molecular flexibility index (Phi) is 4.30. The van der Waals surface area contributed by atoms with Gasteiger partial charge in [0.1, 0.15) is 11.6 Å². The summed E-state index contributed by atoms with van der Waals surface area (Å²) in [5.41, 5.74) is 0.149. The molecule has 3 fully saturated rings. The molecule has 1 saturated carbocycles. The molecule has 3 atom stereocenters. The molecular weight excluding hydrogens is 444 g/mol. The molecule has 4 aliphatic rings. The normalized spacial score (nSPS) is 30.7. The molecule has 1 aromatic carbocycles. The number of carbonyl (C=O) groups excluding carboxylic acids is 3. The number of urea groups is 1. The van der Waals surface area contributed by atoms with E-state index in [0.717, 1.165) is 57.1 Å². The van der Waals surface area contributed by atoms with Gasteiger partial charge >= 0.3 is 6.03 Å². The first-order valence-electron chi connectivity index (χ1n) is 12.3. The number of pyridine rings is 1. The van der Waals surface area contributed by atoms with E-state index in [1.807, 2.05) is 24.3 Å². The molecule has 2 aromatic rings. The lowest BCUT2D eigenvalue weighted by atomic mass is 9.56. The zero-order chi connectivity index (χ0) is 25.1. The highest BCUT2D eigenvalue weighted by atomic mass is 16.5. The van der Waals surface area contributed by atoms with Crippen molar-refractivity contribution in [1.29, 1.82) is 0 Å². The highest BCUT2D eigenvalue weighted by Crippen LogP contribution is 2.64. The SMILES string of the molecule is COc1ccc2nc3c(cc2c1)CC1(C(=O)N(C)C(=O)N(C)C1=O)[C@@H]1N3[C@H]2CC(C)(C)C[C@@]1(C)C2. The Morgan fingerprint density at radius 1 is 1.00 bits per heavy atom. The molecule has 4 heterocycles. The van der Waals surface area contributed by atoms with Gasteiger partial charge in [0.05, 0.1) is 18.7 Å². The predicted octanol–water partition coefficient (Wildman–Crippen LogP) is 3.61. The van der Waals surface area contributed by atoms with E-state index >= 15 is 0 Å². The number of nitrogens with zero attached hydrogens (tertiary/aromatic N) is 4. The Morgan fingerprint density at radius 3 is 2.34 bits per heavy atom. The molecular formula is C27H32N4O4. The van der Waals surface area contributed by atoms with Crippen LogP contribution >= 0.6 is 0 Å². The number of benzene rings is 1. The number of aromatic nitrogens is 1. The fourth-order valence-electron chi connectivity index (χ4n) is 8.10. The lowest BCUT2D eigenvalue weighted by molar-refractivity contribution is -0.161. The van der Waals surface area contributed by atoms with Crippen LogP contribution in [0.25, 0.3) is 10.9 Å². The second-order valence-corrected chi connectivity index (χ2v) is 12.1. The molecule has 6 rings (SSSR count). The van der Waals surface area contributed by atoms with Crippen LogP contribution in [-0.4, -0.2) is 65.9 Å². The van der Waals surface area contributed by atoms with Crippen LogP contribution in [0.5, 0.6) is 5.75 Å². The summed E-state index contributed by atoms with van der Waals surface area (Å²) in [5, 5.41) is 0.902. The Bertz CT molecular complexity index is 1300. The molecule has 1 aromatic heterocycles. The van der Waals surface area contributed by atoms with Crippen LogP contribution in [0.3, 0.4) is 0 Å². The first-order valence-corrected chi connectivity index (χ1v) is 12.3. The average Bonchev–Trinajstić information content (AvgIpc) is 3.04. The minimum atomic E-state index is -1.37.